The molecule has 0 bridgehead atoms. The van der Waals surface area contributed by atoms with E-state index in [1.165, 1.54) is 4.57 Å². The fourth-order valence-electron chi connectivity index (χ4n) is 1.38. The molecule has 100 valence electrons. The molecule has 0 amide bonds. The average Bonchev–Trinajstić information content (AvgIpc) is 2.56. The molecule has 6 nitrogen and oxygen atoms in total. The van der Waals surface area contributed by atoms with E-state index in [9.17, 15) is 14.7 Å². The first-order chi connectivity index (χ1) is 8.45. The van der Waals surface area contributed by atoms with Crippen molar-refractivity contribution in [3.05, 3.63) is 8.83 Å². The van der Waals surface area contributed by atoms with Crippen LogP contribution >= 0.6 is 23.6 Å². The standard InChI is InChI=1S/C10H13NO5S2/c12-5-6(13)4-7-9(16)11(10(17)18-7)3-1-2-8(14)15/h12,16H,1-5H2,(H,14,15). The van der Waals surface area contributed by atoms with E-state index in [1.807, 2.05) is 0 Å². The maximum Gasteiger partial charge on any atom is 0.303 e. The SMILES string of the molecule is O=C(O)CCCn1c(O)c(CC(=O)CO)sc1=S. The predicted octanol–water partition coefficient (Wildman–Crippen LogP) is 0.953. The normalized spacial score (nSPS) is 10.5. The Hall–Kier alpha value is -1.25. The highest BCUT2D eigenvalue weighted by molar-refractivity contribution is 7.73. The number of hydrogen-bond acceptors (Lipinski definition) is 6. The third kappa shape index (κ3) is 3.90. The first-order valence-corrected chi connectivity index (χ1v) is 6.44. The van der Waals surface area contributed by atoms with Gasteiger partial charge in [-0.05, 0) is 18.6 Å². The molecular formula is C10H13NO5S2. The summed E-state index contributed by atoms with van der Waals surface area (Å²) in [6.45, 7) is -0.288. The van der Waals surface area contributed by atoms with Gasteiger partial charge in [-0.3, -0.25) is 14.2 Å². The Morgan fingerprint density at radius 2 is 2.06 bits per heavy atom. The first-order valence-electron chi connectivity index (χ1n) is 5.21. The predicted molar refractivity (Wildman–Crippen MR) is 67.5 cm³/mol. The molecule has 1 aromatic rings. The summed E-state index contributed by atoms with van der Waals surface area (Å²) in [6, 6.07) is 0. The van der Waals surface area contributed by atoms with Crippen molar-refractivity contribution in [3.63, 3.8) is 0 Å². The van der Waals surface area contributed by atoms with Crippen LogP contribution in [0.15, 0.2) is 0 Å². The Balaban J connectivity index is 2.77. The summed E-state index contributed by atoms with van der Waals surface area (Å²) in [7, 11) is 0. The van der Waals surface area contributed by atoms with E-state index in [2.05, 4.69) is 0 Å². The number of carbonyl (C=O) groups is 2. The number of aromatic nitrogens is 1. The van der Waals surface area contributed by atoms with Crippen molar-refractivity contribution < 1.29 is 24.9 Å². The zero-order valence-corrected chi connectivity index (χ0v) is 11.1. The fourth-order valence-corrected chi connectivity index (χ4v) is 2.79. The van der Waals surface area contributed by atoms with E-state index in [0.29, 0.717) is 21.8 Å². The maximum absolute atomic E-state index is 11.1. The van der Waals surface area contributed by atoms with Crippen molar-refractivity contribution in [2.45, 2.75) is 25.8 Å². The second-order valence-electron chi connectivity index (χ2n) is 3.64. The molecule has 0 fully saturated rings. The number of nitrogens with zero attached hydrogens (tertiary/aromatic N) is 1. The number of aromatic hydroxyl groups is 1. The maximum atomic E-state index is 11.1. The quantitative estimate of drug-likeness (QED) is 0.647. The summed E-state index contributed by atoms with van der Waals surface area (Å²) < 4.78 is 1.79. The molecular weight excluding hydrogens is 278 g/mol. The van der Waals surface area contributed by atoms with Gasteiger partial charge in [0.25, 0.3) is 0 Å². The van der Waals surface area contributed by atoms with Crippen molar-refractivity contribution in [2.75, 3.05) is 6.61 Å². The highest BCUT2D eigenvalue weighted by atomic mass is 32.1. The number of aliphatic carboxylic acids is 1. The number of Topliss-reactive ketones (excluding diaryl/α,β-unsaturated/α-hetero) is 1. The van der Waals surface area contributed by atoms with Crippen molar-refractivity contribution in [1.29, 1.82) is 0 Å². The fraction of sp³-hybridized carbons (Fsp3) is 0.500. The zero-order valence-electron chi connectivity index (χ0n) is 9.46. The largest absolute Gasteiger partial charge is 0.494 e. The highest BCUT2D eigenvalue weighted by Gasteiger charge is 2.14. The van der Waals surface area contributed by atoms with Crippen molar-refractivity contribution in [2.24, 2.45) is 0 Å². The molecule has 0 saturated carbocycles. The molecule has 18 heavy (non-hydrogen) atoms. The number of carboxylic acids is 1. The van der Waals surface area contributed by atoms with Crippen LogP contribution in [0.4, 0.5) is 0 Å². The second kappa shape index (κ2) is 6.62. The molecule has 0 atom stereocenters. The Labute approximate surface area is 112 Å². The van der Waals surface area contributed by atoms with Crippen LogP contribution in [0.5, 0.6) is 5.88 Å². The van der Waals surface area contributed by atoms with E-state index in [-0.39, 0.29) is 18.7 Å². The van der Waals surface area contributed by atoms with Crippen LogP contribution in [0.2, 0.25) is 0 Å². The van der Waals surface area contributed by atoms with Gasteiger partial charge in [-0.25, -0.2) is 0 Å². The Morgan fingerprint density at radius 3 is 2.61 bits per heavy atom. The summed E-state index contributed by atoms with van der Waals surface area (Å²) in [4.78, 5) is 21.9. The van der Waals surface area contributed by atoms with Gasteiger partial charge in [0, 0.05) is 19.4 Å². The third-order valence-corrected chi connectivity index (χ3v) is 3.68. The number of rotatable bonds is 7. The van der Waals surface area contributed by atoms with Crippen LogP contribution in [0.25, 0.3) is 0 Å². The van der Waals surface area contributed by atoms with Crippen LogP contribution < -0.4 is 0 Å². The Morgan fingerprint density at radius 1 is 1.39 bits per heavy atom. The van der Waals surface area contributed by atoms with Gasteiger partial charge in [-0.2, -0.15) is 0 Å². The van der Waals surface area contributed by atoms with Crippen molar-refractivity contribution >= 4 is 35.3 Å². The second-order valence-corrected chi connectivity index (χ2v) is 5.37. The molecule has 1 heterocycles. The molecule has 0 aliphatic carbocycles. The van der Waals surface area contributed by atoms with E-state index in [4.69, 9.17) is 22.4 Å². The van der Waals surface area contributed by atoms with Gasteiger partial charge in [0.2, 0.25) is 5.88 Å². The summed E-state index contributed by atoms with van der Waals surface area (Å²) in [6.07, 6.45) is 0.270. The topological polar surface area (TPSA) is 99.8 Å². The van der Waals surface area contributed by atoms with Gasteiger partial charge in [0.1, 0.15) is 6.61 Å². The van der Waals surface area contributed by atoms with E-state index in [0.717, 1.165) is 11.3 Å². The number of carbonyl (C=O) groups excluding carboxylic acids is 1. The van der Waals surface area contributed by atoms with E-state index < -0.39 is 18.4 Å². The number of aliphatic hydroxyl groups excluding tert-OH is 1. The van der Waals surface area contributed by atoms with Crippen LogP contribution in [-0.4, -0.2) is 38.2 Å². The zero-order chi connectivity index (χ0) is 13.7. The molecule has 0 aromatic carbocycles. The van der Waals surface area contributed by atoms with Crippen LogP contribution in [0.1, 0.15) is 17.7 Å². The number of thiazole rings is 1. The number of carboxylic acid groups (broad SMARTS) is 1. The minimum Gasteiger partial charge on any atom is -0.494 e. The molecule has 0 aliphatic rings. The monoisotopic (exact) mass is 291 g/mol. The molecule has 1 rings (SSSR count). The molecule has 8 heteroatoms. The third-order valence-electron chi connectivity index (χ3n) is 2.24. The molecule has 0 radical (unpaired) electrons. The van der Waals surface area contributed by atoms with E-state index >= 15 is 0 Å². The average molecular weight is 291 g/mol. The molecule has 0 unspecified atom stereocenters. The lowest BCUT2D eigenvalue weighted by atomic mass is 10.2. The Kier molecular flexibility index (Phi) is 5.45. The van der Waals surface area contributed by atoms with Gasteiger partial charge in [-0.1, -0.05) is 0 Å². The summed E-state index contributed by atoms with van der Waals surface area (Å²) in [5.41, 5.74) is 0. The van der Waals surface area contributed by atoms with Crippen LogP contribution in [0.3, 0.4) is 0 Å². The van der Waals surface area contributed by atoms with Crippen LogP contribution in [-0.2, 0) is 22.6 Å². The molecule has 0 aliphatic heterocycles. The van der Waals surface area contributed by atoms with Crippen LogP contribution in [0, 0.1) is 3.95 Å². The molecule has 0 spiro atoms. The minimum absolute atomic E-state index is 0.0119. The molecule has 1 aromatic heterocycles. The van der Waals surface area contributed by atoms with Crippen molar-refractivity contribution in [3.8, 4) is 5.88 Å². The minimum atomic E-state index is -0.910. The van der Waals surface area contributed by atoms with Gasteiger partial charge < -0.3 is 15.3 Å². The molecule has 0 saturated heterocycles. The van der Waals surface area contributed by atoms with Gasteiger partial charge in [0.15, 0.2) is 9.74 Å². The lowest BCUT2D eigenvalue weighted by Gasteiger charge is -2.03. The highest BCUT2D eigenvalue weighted by Crippen LogP contribution is 2.27. The summed E-state index contributed by atoms with van der Waals surface area (Å²) in [5, 5.41) is 27.0. The summed E-state index contributed by atoms with van der Waals surface area (Å²) >= 11 is 6.12. The number of ketones is 1. The van der Waals surface area contributed by atoms with Gasteiger partial charge >= 0.3 is 5.97 Å². The first kappa shape index (κ1) is 14.8. The van der Waals surface area contributed by atoms with Gasteiger partial charge in [-0.15, -0.1) is 11.3 Å². The lowest BCUT2D eigenvalue weighted by molar-refractivity contribution is -0.137. The van der Waals surface area contributed by atoms with Crippen molar-refractivity contribution in [1.82, 2.24) is 4.57 Å². The molecule has 3 N–H and O–H groups in total. The Bertz CT molecular complexity index is 505. The lowest BCUT2D eigenvalue weighted by Crippen LogP contribution is -2.07. The number of aliphatic hydroxyl groups is 1. The summed E-state index contributed by atoms with van der Waals surface area (Å²) in [5.74, 6) is -1.43. The van der Waals surface area contributed by atoms with E-state index in [1.54, 1.807) is 0 Å². The van der Waals surface area contributed by atoms with Gasteiger partial charge in [0.05, 0.1) is 4.88 Å². The number of hydrogen-bond donors (Lipinski definition) is 3. The smallest absolute Gasteiger partial charge is 0.303 e.